The summed E-state index contributed by atoms with van der Waals surface area (Å²) in [5.74, 6) is -0.464. The molecule has 2 aromatic carbocycles. The first-order valence-electron chi connectivity index (χ1n) is 5.22. The Hall–Kier alpha value is -1.42. The van der Waals surface area contributed by atoms with Crippen LogP contribution in [0.2, 0.25) is 15.1 Å². The van der Waals surface area contributed by atoms with E-state index in [2.05, 4.69) is 5.32 Å². The van der Waals surface area contributed by atoms with Crippen LogP contribution < -0.4 is 5.32 Å². The van der Waals surface area contributed by atoms with E-state index in [4.69, 9.17) is 34.8 Å². The highest BCUT2D eigenvalue weighted by atomic mass is 35.5. The van der Waals surface area contributed by atoms with E-state index in [-0.39, 0.29) is 16.7 Å². The van der Waals surface area contributed by atoms with Gasteiger partial charge in [-0.2, -0.15) is 0 Å². The van der Waals surface area contributed by atoms with Crippen molar-refractivity contribution in [2.24, 2.45) is 0 Å². The number of carbonyl (C=O) groups excluding carboxylic acids is 1. The van der Waals surface area contributed by atoms with Gasteiger partial charge in [-0.3, -0.25) is 4.79 Å². The molecule has 0 aromatic heterocycles. The van der Waals surface area contributed by atoms with Gasteiger partial charge in [0.15, 0.2) is 0 Å². The van der Waals surface area contributed by atoms with Crippen LogP contribution >= 0.6 is 34.8 Å². The first-order chi connectivity index (χ1) is 8.97. The fourth-order valence-electron chi connectivity index (χ4n) is 1.43. The Balaban J connectivity index is 2.20. The van der Waals surface area contributed by atoms with E-state index in [1.165, 1.54) is 24.3 Å². The predicted molar refractivity (Wildman–Crippen MR) is 77.5 cm³/mol. The fourth-order valence-corrected chi connectivity index (χ4v) is 1.85. The number of aromatic hydroxyl groups is 1. The largest absolute Gasteiger partial charge is 0.506 e. The molecule has 3 nitrogen and oxygen atoms in total. The van der Waals surface area contributed by atoms with Crippen molar-refractivity contribution in [1.29, 1.82) is 0 Å². The van der Waals surface area contributed by atoms with Crippen LogP contribution in [0.15, 0.2) is 36.4 Å². The van der Waals surface area contributed by atoms with E-state index < -0.39 is 0 Å². The number of hydrogen-bond acceptors (Lipinski definition) is 2. The summed E-state index contributed by atoms with van der Waals surface area (Å²) in [6, 6.07) is 8.99. The SMILES string of the molecule is O=C(Nc1ccc(Cl)c(O)c1)c1ccc(Cl)c(Cl)c1. The molecule has 0 radical (unpaired) electrons. The monoisotopic (exact) mass is 315 g/mol. The molecule has 2 N–H and O–H groups in total. The topological polar surface area (TPSA) is 49.3 Å². The maximum absolute atomic E-state index is 11.9. The molecule has 0 saturated heterocycles. The summed E-state index contributed by atoms with van der Waals surface area (Å²) in [5.41, 5.74) is 0.793. The van der Waals surface area contributed by atoms with Gasteiger partial charge in [-0.25, -0.2) is 0 Å². The van der Waals surface area contributed by atoms with Crippen molar-refractivity contribution in [2.45, 2.75) is 0 Å². The third-order valence-electron chi connectivity index (χ3n) is 2.39. The molecule has 0 fully saturated rings. The van der Waals surface area contributed by atoms with Gasteiger partial charge in [-0.15, -0.1) is 0 Å². The molecule has 0 aliphatic carbocycles. The average molecular weight is 317 g/mol. The molecule has 6 heteroatoms. The van der Waals surface area contributed by atoms with Crippen molar-refractivity contribution < 1.29 is 9.90 Å². The first kappa shape index (κ1) is 14.0. The van der Waals surface area contributed by atoms with Crippen molar-refractivity contribution in [3.8, 4) is 5.75 Å². The van der Waals surface area contributed by atoms with Gasteiger partial charge in [0.05, 0.1) is 15.1 Å². The van der Waals surface area contributed by atoms with Gasteiger partial charge in [0.25, 0.3) is 5.91 Å². The molecular weight excluding hydrogens is 309 g/mol. The number of carbonyl (C=O) groups is 1. The smallest absolute Gasteiger partial charge is 0.255 e. The Morgan fingerprint density at radius 2 is 1.63 bits per heavy atom. The Kier molecular flexibility index (Phi) is 4.20. The number of anilines is 1. The van der Waals surface area contributed by atoms with Crippen molar-refractivity contribution >= 4 is 46.4 Å². The summed E-state index contributed by atoms with van der Waals surface area (Å²) in [5, 5.41) is 12.9. The lowest BCUT2D eigenvalue weighted by Crippen LogP contribution is -2.11. The molecule has 0 spiro atoms. The van der Waals surface area contributed by atoms with Gasteiger partial charge in [0, 0.05) is 17.3 Å². The number of phenols is 1. The minimum atomic E-state index is -0.361. The van der Waals surface area contributed by atoms with Gasteiger partial charge >= 0.3 is 0 Å². The van der Waals surface area contributed by atoms with Crippen LogP contribution in [0.25, 0.3) is 0 Å². The summed E-state index contributed by atoms with van der Waals surface area (Å²) in [7, 11) is 0. The molecule has 0 aliphatic rings. The molecule has 2 aromatic rings. The Morgan fingerprint density at radius 3 is 2.26 bits per heavy atom. The van der Waals surface area contributed by atoms with Crippen LogP contribution in [0, 0.1) is 0 Å². The molecule has 1 amide bonds. The zero-order valence-electron chi connectivity index (χ0n) is 9.45. The summed E-state index contributed by atoms with van der Waals surface area (Å²) in [6.45, 7) is 0. The lowest BCUT2D eigenvalue weighted by atomic mass is 10.2. The number of rotatable bonds is 2. The maximum Gasteiger partial charge on any atom is 0.255 e. The number of halogens is 3. The Morgan fingerprint density at radius 1 is 0.947 bits per heavy atom. The molecule has 0 aliphatic heterocycles. The highest BCUT2D eigenvalue weighted by Crippen LogP contribution is 2.27. The molecule has 0 atom stereocenters. The van der Waals surface area contributed by atoms with Crippen molar-refractivity contribution in [3.63, 3.8) is 0 Å². The van der Waals surface area contributed by atoms with Crippen LogP contribution in [0.3, 0.4) is 0 Å². The zero-order chi connectivity index (χ0) is 14.0. The molecule has 0 heterocycles. The normalized spacial score (nSPS) is 10.3. The van der Waals surface area contributed by atoms with Gasteiger partial charge in [0.2, 0.25) is 0 Å². The highest BCUT2D eigenvalue weighted by Gasteiger charge is 2.09. The first-order valence-corrected chi connectivity index (χ1v) is 6.35. The third kappa shape index (κ3) is 3.32. The minimum Gasteiger partial charge on any atom is -0.506 e. The number of hydrogen-bond donors (Lipinski definition) is 2. The highest BCUT2D eigenvalue weighted by molar-refractivity contribution is 6.42. The second kappa shape index (κ2) is 5.70. The molecule has 19 heavy (non-hydrogen) atoms. The standard InChI is InChI=1S/C13H8Cl3NO2/c14-9-3-1-7(5-11(9)16)13(19)17-8-2-4-10(15)12(18)6-8/h1-6,18H,(H,17,19). The minimum absolute atomic E-state index is 0.103. The van der Waals surface area contributed by atoms with Crippen LogP contribution in [-0.2, 0) is 0 Å². The summed E-state index contributed by atoms with van der Waals surface area (Å²) >= 11 is 17.3. The quantitative estimate of drug-likeness (QED) is 0.850. The van der Waals surface area contributed by atoms with Crippen LogP contribution in [0.4, 0.5) is 5.69 Å². The summed E-state index contributed by atoms with van der Waals surface area (Å²) in [6.07, 6.45) is 0. The number of benzene rings is 2. The molecule has 98 valence electrons. The van der Waals surface area contributed by atoms with E-state index in [1.54, 1.807) is 12.1 Å². The molecule has 0 unspecified atom stereocenters. The second-order valence-electron chi connectivity index (χ2n) is 3.75. The Bertz CT molecular complexity index is 644. The van der Waals surface area contributed by atoms with Crippen LogP contribution in [0.1, 0.15) is 10.4 Å². The van der Waals surface area contributed by atoms with Crippen molar-refractivity contribution in [2.75, 3.05) is 5.32 Å². The van der Waals surface area contributed by atoms with E-state index in [0.29, 0.717) is 21.3 Å². The van der Waals surface area contributed by atoms with Gasteiger partial charge < -0.3 is 10.4 Å². The van der Waals surface area contributed by atoms with E-state index in [1.807, 2.05) is 0 Å². The summed E-state index contributed by atoms with van der Waals surface area (Å²) < 4.78 is 0. The molecule has 0 saturated carbocycles. The van der Waals surface area contributed by atoms with Gasteiger partial charge in [-0.05, 0) is 30.3 Å². The second-order valence-corrected chi connectivity index (χ2v) is 4.97. The van der Waals surface area contributed by atoms with Crippen LogP contribution in [0.5, 0.6) is 5.75 Å². The van der Waals surface area contributed by atoms with E-state index in [0.717, 1.165) is 0 Å². The van der Waals surface area contributed by atoms with Crippen molar-refractivity contribution in [3.05, 3.63) is 57.0 Å². The zero-order valence-corrected chi connectivity index (χ0v) is 11.7. The number of amides is 1. The molecular formula is C13H8Cl3NO2. The third-order valence-corrected chi connectivity index (χ3v) is 3.44. The predicted octanol–water partition coefficient (Wildman–Crippen LogP) is 4.60. The van der Waals surface area contributed by atoms with Crippen molar-refractivity contribution in [1.82, 2.24) is 0 Å². The van der Waals surface area contributed by atoms with Gasteiger partial charge in [0.1, 0.15) is 5.75 Å². The number of phenolic OH excluding ortho intramolecular Hbond substituents is 1. The average Bonchev–Trinajstić information content (AvgIpc) is 2.37. The summed E-state index contributed by atoms with van der Waals surface area (Å²) in [4.78, 5) is 11.9. The lowest BCUT2D eigenvalue weighted by Gasteiger charge is -2.07. The van der Waals surface area contributed by atoms with Crippen LogP contribution in [-0.4, -0.2) is 11.0 Å². The molecule has 2 rings (SSSR count). The van der Waals surface area contributed by atoms with E-state index >= 15 is 0 Å². The van der Waals surface area contributed by atoms with Gasteiger partial charge in [-0.1, -0.05) is 34.8 Å². The Labute approximate surface area is 124 Å². The van der Waals surface area contributed by atoms with E-state index in [9.17, 15) is 9.90 Å². The number of nitrogens with one attached hydrogen (secondary N) is 1. The lowest BCUT2D eigenvalue weighted by molar-refractivity contribution is 0.102. The fraction of sp³-hybridized carbons (Fsp3) is 0. The molecule has 0 bridgehead atoms. The maximum atomic E-state index is 11.9.